The number of aryl methyl sites for hydroxylation is 1. The minimum absolute atomic E-state index is 0.0694. The molecule has 2 aromatic rings. The van der Waals surface area contributed by atoms with E-state index in [4.69, 9.17) is 16.3 Å². The van der Waals surface area contributed by atoms with Crippen LogP contribution in [0.25, 0.3) is 10.9 Å². The number of ether oxygens (including phenoxy) is 1. The van der Waals surface area contributed by atoms with Gasteiger partial charge >= 0.3 is 5.97 Å². The van der Waals surface area contributed by atoms with Crippen LogP contribution in [-0.2, 0) is 23.0 Å². The Morgan fingerprint density at radius 3 is 2.56 bits per heavy atom. The number of fused-ring (bicyclic) bond motifs is 1. The number of benzene rings is 1. The van der Waals surface area contributed by atoms with E-state index in [-0.39, 0.29) is 24.1 Å². The van der Waals surface area contributed by atoms with Crippen molar-refractivity contribution in [3.63, 3.8) is 0 Å². The minimum Gasteiger partial charge on any atom is -0.469 e. The van der Waals surface area contributed by atoms with Crippen LogP contribution >= 0.6 is 11.6 Å². The van der Waals surface area contributed by atoms with Gasteiger partial charge in [-0.3, -0.25) is 9.59 Å². The molecule has 0 unspecified atom stereocenters. The van der Waals surface area contributed by atoms with Crippen LogP contribution in [0.3, 0.4) is 0 Å². The normalized spacial score (nSPS) is 13.1. The van der Waals surface area contributed by atoms with Crippen LogP contribution in [0.15, 0.2) is 42.0 Å². The second-order valence-electron chi connectivity index (χ2n) is 9.16. The van der Waals surface area contributed by atoms with Crippen molar-refractivity contribution in [3.8, 4) is 0 Å². The number of carbonyl (C=O) groups is 2. The third-order valence-electron chi connectivity index (χ3n) is 6.31. The summed E-state index contributed by atoms with van der Waals surface area (Å²) in [6.45, 7) is 6.16. The smallest absolute Gasteiger partial charge is 0.305 e. The van der Waals surface area contributed by atoms with Crippen molar-refractivity contribution in [1.29, 1.82) is 0 Å². The molecule has 0 aliphatic carbocycles. The van der Waals surface area contributed by atoms with Crippen molar-refractivity contribution in [1.82, 2.24) is 4.57 Å². The standard InChI is InChI=1S/C29H40ClNO3/c1-6-12-22(13-7-2)14-10-8-9-11-15-26-29(27(32)18-21(3)19-28(33)34-5)24-20-23(30)16-17-25(24)31(26)4/h6,12-13,16-17,20-21H,7-11,14-15,18-19H2,1-5H3/b12-6-,22-13+/t21-/m1/s1. The number of methoxy groups -OCH3 is 1. The molecule has 34 heavy (non-hydrogen) atoms. The van der Waals surface area contributed by atoms with Crippen LogP contribution in [0.1, 0.15) is 88.2 Å². The van der Waals surface area contributed by atoms with Gasteiger partial charge in [-0.15, -0.1) is 0 Å². The summed E-state index contributed by atoms with van der Waals surface area (Å²) in [6, 6.07) is 5.74. The zero-order chi connectivity index (χ0) is 25.1. The van der Waals surface area contributed by atoms with Gasteiger partial charge in [0.15, 0.2) is 5.78 Å². The summed E-state index contributed by atoms with van der Waals surface area (Å²) >= 11 is 6.29. The summed E-state index contributed by atoms with van der Waals surface area (Å²) in [7, 11) is 3.40. The predicted octanol–water partition coefficient (Wildman–Crippen LogP) is 8.01. The van der Waals surface area contributed by atoms with Crippen molar-refractivity contribution in [3.05, 3.63) is 58.3 Å². The van der Waals surface area contributed by atoms with Crippen molar-refractivity contribution >= 4 is 34.3 Å². The van der Waals surface area contributed by atoms with Gasteiger partial charge < -0.3 is 9.30 Å². The predicted molar refractivity (Wildman–Crippen MR) is 143 cm³/mol. The Balaban J connectivity index is 2.11. The molecule has 0 aliphatic heterocycles. The topological polar surface area (TPSA) is 48.3 Å². The van der Waals surface area contributed by atoms with Crippen molar-refractivity contribution in [2.24, 2.45) is 13.0 Å². The molecule has 0 radical (unpaired) electrons. The molecule has 2 rings (SSSR count). The number of aromatic nitrogens is 1. The molecule has 1 heterocycles. The average molecular weight is 486 g/mol. The maximum atomic E-state index is 13.4. The summed E-state index contributed by atoms with van der Waals surface area (Å²) < 4.78 is 6.91. The number of allylic oxidation sites excluding steroid dienone is 4. The molecular formula is C29H40ClNO3. The van der Waals surface area contributed by atoms with Crippen LogP contribution in [0.2, 0.25) is 5.02 Å². The molecule has 0 amide bonds. The third kappa shape index (κ3) is 7.87. The summed E-state index contributed by atoms with van der Waals surface area (Å²) in [4.78, 5) is 25.0. The lowest BCUT2D eigenvalue weighted by Gasteiger charge is -2.11. The first-order valence-corrected chi connectivity index (χ1v) is 12.9. The van der Waals surface area contributed by atoms with E-state index in [0.29, 0.717) is 11.4 Å². The maximum Gasteiger partial charge on any atom is 0.305 e. The summed E-state index contributed by atoms with van der Waals surface area (Å²) in [6.07, 6.45) is 14.7. The van der Waals surface area contributed by atoms with Crippen LogP contribution in [-0.4, -0.2) is 23.4 Å². The Hall–Kier alpha value is -2.33. The maximum absolute atomic E-state index is 13.4. The zero-order valence-corrected chi connectivity index (χ0v) is 22.2. The van der Waals surface area contributed by atoms with Gasteiger partial charge in [0.1, 0.15) is 0 Å². The molecule has 0 N–H and O–H groups in total. The number of esters is 1. The Labute approximate surface area is 210 Å². The van der Waals surface area contributed by atoms with Crippen LogP contribution in [0.5, 0.6) is 0 Å². The summed E-state index contributed by atoms with van der Waals surface area (Å²) in [5.41, 5.74) is 4.26. The Morgan fingerprint density at radius 1 is 1.15 bits per heavy atom. The molecule has 0 saturated heterocycles. The quantitative estimate of drug-likeness (QED) is 0.118. The van der Waals surface area contributed by atoms with E-state index in [1.54, 1.807) is 0 Å². The minimum atomic E-state index is -0.284. The number of halogens is 1. The number of nitrogens with zero attached hydrogens (tertiary/aromatic N) is 1. The highest BCUT2D eigenvalue weighted by molar-refractivity contribution is 6.31. The first-order valence-electron chi connectivity index (χ1n) is 12.5. The molecule has 0 bridgehead atoms. The lowest BCUT2D eigenvalue weighted by molar-refractivity contribution is -0.141. The van der Waals surface area contributed by atoms with Crippen molar-refractivity contribution in [2.45, 2.75) is 78.6 Å². The summed E-state index contributed by atoms with van der Waals surface area (Å²) in [5, 5.41) is 1.53. The van der Waals surface area contributed by atoms with Crippen LogP contribution in [0.4, 0.5) is 0 Å². The lowest BCUT2D eigenvalue weighted by atomic mass is 9.94. The van der Waals surface area contributed by atoms with E-state index in [1.165, 1.54) is 25.5 Å². The number of ketones is 1. The average Bonchev–Trinajstić information content (AvgIpc) is 3.06. The van der Waals surface area contributed by atoms with E-state index in [0.717, 1.165) is 54.3 Å². The highest BCUT2D eigenvalue weighted by Gasteiger charge is 2.23. The fraction of sp³-hybridized carbons (Fsp3) is 0.517. The number of rotatable bonds is 14. The van der Waals surface area contributed by atoms with Gasteiger partial charge in [-0.1, -0.05) is 62.1 Å². The molecule has 1 atom stereocenters. The van der Waals surface area contributed by atoms with Crippen LogP contribution < -0.4 is 0 Å². The Bertz CT molecular complexity index is 1030. The molecule has 0 aliphatic rings. The first kappa shape index (κ1) is 27.9. The fourth-order valence-corrected chi connectivity index (χ4v) is 4.81. The van der Waals surface area contributed by atoms with E-state index >= 15 is 0 Å². The van der Waals surface area contributed by atoms with Gasteiger partial charge in [-0.25, -0.2) is 0 Å². The molecule has 0 spiro atoms. The largest absolute Gasteiger partial charge is 0.469 e. The van der Waals surface area contributed by atoms with Gasteiger partial charge in [0.05, 0.1) is 7.11 Å². The Kier molecular flexibility index (Phi) is 11.6. The SMILES string of the molecule is C/C=C\C(=C/CC)CCCCCCc1c(C(=O)C[C@@H](C)CC(=O)OC)c2cc(Cl)ccc2n1C. The number of unbranched alkanes of at least 4 members (excludes halogenated alkanes) is 3. The van der Waals surface area contributed by atoms with E-state index in [9.17, 15) is 9.59 Å². The number of Topliss-reactive ketones (excluding diaryl/α,β-unsaturated/α-hetero) is 1. The first-order chi connectivity index (χ1) is 16.3. The lowest BCUT2D eigenvalue weighted by Crippen LogP contribution is -2.13. The zero-order valence-electron chi connectivity index (χ0n) is 21.5. The molecular weight excluding hydrogens is 446 g/mol. The fourth-order valence-electron chi connectivity index (χ4n) is 4.64. The Morgan fingerprint density at radius 2 is 1.88 bits per heavy atom. The third-order valence-corrected chi connectivity index (χ3v) is 6.55. The molecule has 1 aromatic carbocycles. The molecule has 4 nitrogen and oxygen atoms in total. The van der Waals surface area contributed by atoms with E-state index in [1.807, 2.05) is 32.2 Å². The molecule has 0 fully saturated rings. The number of hydrogen-bond donors (Lipinski definition) is 0. The van der Waals surface area contributed by atoms with Crippen molar-refractivity contribution in [2.75, 3.05) is 7.11 Å². The molecule has 186 valence electrons. The van der Waals surface area contributed by atoms with Gasteiger partial charge in [-0.2, -0.15) is 0 Å². The van der Waals surface area contributed by atoms with Crippen molar-refractivity contribution < 1.29 is 14.3 Å². The highest BCUT2D eigenvalue weighted by Crippen LogP contribution is 2.31. The number of carbonyl (C=O) groups excluding carboxylic acids is 2. The summed E-state index contributed by atoms with van der Waals surface area (Å²) in [5.74, 6) is -0.294. The van der Waals surface area contributed by atoms with Gasteiger partial charge in [-0.05, 0) is 63.1 Å². The monoisotopic (exact) mass is 485 g/mol. The second-order valence-corrected chi connectivity index (χ2v) is 9.59. The van der Waals surface area contributed by atoms with Crippen LogP contribution in [0, 0.1) is 5.92 Å². The highest BCUT2D eigenvalue weighted by atomic mass is 35.5. The number of hydrogen-bond acceptors (Lipinski definition) is 3. The second kappa shape index (κ2) is 14.2. The van der Waals surface area contributed by atoms with Gasteiger partial charge in [0, 0.05) is 47.1 Å². The van der Waals surface area contributed by atoms with E-state index < -0.39 is 0 Å². The molecule has 0 saturated carbocycles. The van der Waals surface area contributed by atoms with Gasteiger partial charge in [0.2, 0.25) is 0 Å². The van der Waals surface area contributed by atoms with Gasteiger partial charge in [0.25, 0.3) is 0 Å². The van der Waals surface area contributed by atoms with E-state index in [2.05, 4.69) is 36.6 Å². The molecule has 5 heteroatoms. The molecule has 1 aromatic heterocycles.